The predicted octanol–water partition coefficient (Wildman–Crippen LogP) is 2.63. The number of hydrogen-bond acceptors (Lipinski definition) is 4. The molecular formula is C17H19NO4S. The Balaban J connectivity index is 1.74. The van der Waals surface area contributed by atoms with E-state index in [0.29, 0.717) is 24.7 Å². The first-order valence-corrected chi connectivity index (χ1v) is 8.98. The van der Waals surface area contributed by atoms with Gasteiger partial charge in [-0.1, -0.05) is 18.2 Å². The van der Waals surface area contributed by atoms with Gasteiger partial charge in [0, 0.05) is 13.0 Å². The van der Waals surface area contributed by atoms with Gasteiger partial charge in [-0.15, -0.1) is 0 Å². The molecule has 0 radical (unpaired) electrons. The highest BCUT2D eigenvalue weighted by Gasteiger charge is 2.15. The lowest BCUT2D eigenvalue weighted by Gasteiger charge is -2.11. The molecule has 0 atom stereocenters. The third-order valence-electron chi connectivity index (χ3n) is 3.58. The van der Waals surface area contributed by atoms with E-state index in [4.69, 9.17) is 9.47 Å². The second-order valence-corrected chi connectivity index (χ2v) is 7.24. The second-order valence-electron chi connectivity index (χ2n) is 5.47. The zero-order chi connectivity index (χ0) is 16.3. The normalized spacial score (nSPS) is 14.3. The molecule has 1 aliphatic heterocycles. The van der Waals surface area contributed by atoms with Crippen molar-refractivity contribution in [3.63, 3.8) is 0 Å². The van der Waals surface area contributed by atoms with E-state index in [0.717, 1.165) is 17.5 Å². The molecule has 1 N–H and O–H groups in total. The Bertz CT molecular complexity index is 802. The topological polar surface area (TPSA) is 64.6 Å². The Labute approximate surface area is 136 Å². The van der Waals surface area contributed by atoms with Crippen LogP contribution in [0.3, 0.4) is 0 Å². The van der Waals surface area contributed by atoms with Crippen molar-refractivity contribution in [3.8, 4) is 11.5 Å². The third kappa shape index (κ3) is 3.83. The Morgan fingerprint density at radius 3 is 2.61 bits per heavy atom. The summed E-state index contributed by atoms with van der Waals surface area (Å²) in [6, 6.07) is 12.3. The van der Waals surface area contributed by atoms with Gasteiger partial charge in [-0.25, -0.2) is 13.1 Å². The van der Waals surface area contributed by atoms with Gasteiger partial charge in [0.1, 0.15) is 0 Å². The van der Waals surface area contributed by atoms with E-state index < -0.39 is 10.0 Å². The van der Waals surface area contributed by atoms with Crippen molar-refractivity contribution in [2.24, 2.45) is 0 Å². The van der Waals surface area contributed by atoms with Crippen LogP contribution in [-0.2, 0) is 16.6 Å². The maximum absolute atomic E-state index is 12.3. The summed E-state index contributed by atoms with van der Waals surface area (Å²) in [5.74, 6) is 1.36. The molecule has 0 fully saturated rings. The molecule has 0 aromatic heterocycles. The first-order chi connectivity index (χ1) is 11.0. The van der Waals surface area contributed by atoms with Crippen molar-refractivity contribution < 1.29 is 17.9 Å². The van der Waals surface area contributed by atoms with E-state index in [9.17, 15) is 8.42 Å². The number of benzene rings is 2. The molecule has 0 amide bonds. The van der Waals surface area contributed by atoms with Crippen LogP contribution in [0.1, 0.15) is 17.5 Å². The first kappa shape index (κ1) is 15.8. The molecule has 2 aromatic rings. The zero-order valence-corrected chi connectivity index (χ0v) is 13.7. The van der Waals surface area contributed by atoms with Crippen LogP contribution in [0.25, 0.3) is 0 Å². The lowest BCUT2D eigenvalue weighted by molar-refractivity contribution is 0.297. The lowest BCUT2D eigenvalue weighted by Crippen LogP contribution is -2.23. The number of hydrogen-bond donors (Lipinski definition) is 1. The van der Waals surface area contributed by atoms with Crippen LogP contribution in [-0.4, -0.2) is 21.6 Å². The minimum atomic E-state index is -3.53. The molecule has 0 aliphatic carbocycles. The van der Waals surface area contributed by atoms with Gasteiger partial charge in [0.05, 0.1) is 18.1 Å². The first-order valence-electron chi connectivity index (χ1n) is 7.49. The highest BCUT2D eigenvalue weighted by atomic mass is 32.2. The largest absolute Gasteiger partial charge is 0.490 e. The number of rotatable bonds is 4. The molecule has 0 saturated heterocycles. The molecule has 6 heteroatoms. The molecule has 1 heterocycles. The van der Waals surface area contributed by atoms with E-state index in [2.05, 4.69) is 4.72 Å². The van der Waals surface area contributed by atoms with Crippen LogP contribution in [0.4, 0.5) is 0 Å². The van der Waals surface area contributed by atoms with Gasteiger partial charge in [-0.2, -0.15) is 0 Å². The van der Waals surface area contributed by atoms with Gasteiger partial charge in [0.2, 0.25) is 10.0 Å². The van der Waals surface area contributed by atoms with Gasteiger partial charge in [0.25, 0.3) is 0 Å². The van der Waals surface area contributed by atoms with Gasteiger partial charge < -0.3 is 9.47 Å². The van der Waals surface area contributed by atoms with E-state index in [1.165, 1.54) is 0 Å². The Hall–Kier alpha value is -2.05. The molecular weight excluding hydrogens is 314 g/mol. The number of sulfonamides is 1. The smallest absolute Gasteiger partial charge is 0.240 e. The quantitative estimate of drug-likeness (QED) is 0.934. The fourth-order valence-corrected chi connectivity index (χ4v) is 3.48. The molecule has 0 spiro atoms. The summed E-state index contributed by atoms with van der Waals surface area (Å²) in [4.78, 5) is 0.270. The molecule has 23 heavy (non-hydrogen) atoms. The standard InChI is InChI=1S/C17H19NO4S/c1-13-4-2-5-15(10-13)23(19,20)18-12-14-6-7-16-17(11-14)22-9-3-8-21-16/h2,4-7,10-11,18H,3,8-9,12H2,1H3. The minimum absolute atomic E-state index is 0.201. The highest BCUT2D eigenvalue weighted by molar-refractivity contribution is 7.89. The van der Waals surface area contributed by atoms with E-state index in [1.54, 1.807) is 18.2 Å². The average Bonchev–Trinajstić information content (AvgIpc) is 2.78. The highest BCUT2D eigenvalue weighted by Crippen LogP contribution is 2.30. The lowest BCUT2D eigenvalue weighted by atomic mass is 10.2. The van der Waals surface area contributed by atoms with E-state index in [1.807, 2.05) is 31.2 Å². The van der Waals surface area contributed by atoms with E-state index >= 15 is 0 Å². The van der Waals surface area contributed by atoms with Crippen LogP contribution >= 0.6 is 0 Å². The molecule has 0 unspecified atom stereocenters. The summed E-state index contributed by atoms with van der Waals surface area (Å²) in [6.45, 7) is 3.30. The van der Waals surface area contributed by atoms with Gasteiger partial charge in [-0.3, -0.25) is 0 Å². The zero-order valence-electron chi connectivity index (χ0n) is 12.9. The van der Waals surface area contributed by atoms with Gasteiger partial charge in [0.15, 0.2) is 11.5 Å². The van der Waals surface area contributed by atoms with Crippen molar-refractivity contribution in [1.82, 2.24) is 4.72 Å². The molecule has 5 nitrogen and oxygen atoms in total. The van der Waals surface area contributed by atoms with Crippen LogP contribution < -0.4 is 14.2 Å². The molecule has 1 aliphatic rings. The summed E-state index contributed by atoms with van der Waals surface area (Å²) >= 11 is 0. The Kier molecular flexibility index (Phi) is 4.54. The molecule has 0 saturated carbocycles. The molecule has 122 valence electrons. The maximum atomic E-state index is 12.3. The average molecular weight is 333 g/mol. The maximum Gasteiger partial charge on any atom is 0.240 e. The SMILES string of the molecule is Cc1cccc(S(=O)(=O)NCc2ccc3c(c2)OCCCO3)c1. The summed E-state index contributed by atoms with van der Waals surface area (Å²) < 4.78 is 38.5. The second kappa shape index (κ2) is 6.60. The summed E-state index contributed by atoms with van der Waals surface area (Å²) in [6.07, 6.45) is 0.837. The number of fused-ring (bicyclic) bond motifs is 1. The number of aryl methyl sites for hydroxylation is 1. The summed E-state index contributed by atoms with van der Waals surface area (Å²) in [7, 11) is -3.53. The predicted molar refractivity (Wildman–Crippen MR) is 87.3 cm³/mol. The van der Waals surface area contributed by atoms with Crippen molar-refractivity contribution in [2.75, 3.05) is 13.2 Å². The van der Waals surface area contributed by atoms with Crippen molar-refractivity contribution in [3.05, 3.63) is 53.6 Å². The Morgan fingerprint density at radius 2 is 1.83 bits per heavy atom. The van der Waals surface area contributed by atoms with Crippen molar-refractivity contribution in [1.29, 1.82) is 0 Å². The molecule has 2 aromatic carbocycles. The van der Waals surface area contributed by atoms with Gasteiger partial charge in [-0.05, 0) is 42.3 Å². The third-order valence-corrected chi connectivity index (χ3v) is 4.98. The fraction of sp³-hybridized carbons (Fsp3) is 0.294. The number of nitrogens with one attached hydrogen (secondary N) is 1. The molecule has 3 rings (SSSR count). The van der Waals surface area contributed by atoms with Crippen molar-refractivity contribution >= 4 is 10.0 Å². The Morgan fingerprint density at radius 1 is 1.04 bits per heavy atom. The number of ether oxygens (including phenoxy) is 2. The van der Waals surface area contributed by atoms with Gasteiger partial charge >= 0.3 is 0 Å². The summed E-state index contributed by atoms with van der Waals surface area (Å²) in [5, 5.41) is 0. The summed E-state index contributed by atoms with van der Waals surface area (Å²) in [5.41, 5.74) is 1.73. The van der Waals surface area contributed by atoms with Crippen LogP contribution in [0, 0.1) is 6.92 Å². The van der Waals surface area contributed by atoms with E-state index in [-0.39, 0.29) is 11.4 Å². The fourth-order valence-electron chi connectivity index (χ4n) is 2.36. The van der Waals surface area contributed by atoms with Crippen LogP contribution in [0.5, 0.6) is 11.5 Å². The van der Waals surface area contributed by atoms with Crippen LogP contribution in [0.2, 0.25) is 0 Å². The minimum Gasteiger partial charge on any atom is -0.490 e. The van der Waals surface area contributed by atoms with Crippen molar-refractivity contribution in [2.45, 2.75) is 24.8 Å². The molecule has 0 bridgehead atoms. The van der Waals surface area contributed by atoms with Crippen LogP contribution in [0.15, 0.2) is 47.4 Å². The monoisotopic (exact) mass is 333 g/mol.